The molecule has 4 heteroatoms. The summed E-state index contributed by atoms with van der Waals surface area (Å²) in [5.41, 5.74) is 3.83. The predicted molar refractivity (Wildman–Crippen MR) is 81.0 cm³/mol. The van der Waals surface area contributed by atoms with E-state index < -0.39 is 0 Å². The van der Waals surface area contributed by atoms with Crippen LogP contribution in [0, 0.1) is 6.92 Å². The fraction of sp³-hybridized carbons (Fsp3) is 0.438. The van der Waals surface area contributed by atoms with E-state index in [-0.39, 0.29) is 0 Å². The van der Waals surface area contributed by atoms with Crippen LogP contribution in [0.3, 0.4) is 0 Å². The number of nitrogens with zero attached hydrogens (tertiary/aromatic N) is 2. The van der Waals surface area contributed by atoms with E-state index in [0.29, 0.717) is 0 Å². The number of nitrogens with one attached hydrogen (secondary N) is 1. The highest BCUT2D eigenvalue weighted by atomic mass is 16.5. The molecule has 108 valence electrons. The fourth-order valence-corrected chi connectivity index (χ4v) is 2.17. The number of benzene rings is 1. The van der Waals surface area contributed by atoms with E-state index in [4.69, 9.17) is 4.74 Å². The number of hydrogen-bond donors (Lipinski definition) is 1. The van der Waals surface area contributed by atoms with E-state index in [9.17, 15) is 0 Å². The van der Waals surface area contributed by atoms with Gasteiger partial charge in [0.05, 0.1) is 13.3 Å². The fourth-order valence-electron chi connectivity index (χ4n) is 2.17. The molecule has 1 heterocycles. The predicted octanol–water partition coefficient (Wildman–Crippen LogP) is 2.55. The highest BCUT2D eigenvalue weighted by Gasteiger charge is 2.05. The van der Waals surface area contributed by atoms with Crippen molar-refractivity contribution < 1.29 is 4.74 Å². The van der Waals surface area contributed by atoms with Gasteiger partial charge in [-0.15, -0.1) is 0 Å². The van der Waals surface area contributed by atoms with Crippen molar-refractivity contribution in [2.45, 2.75) is 33.4 Å². The van der Waals surface area contributed by atoms with E-state index in [0.717, 1.165) is 31.8 Å². The third-order valence-electron chi connectivity index (χ3n) is 3.54. The molecular formula is C16H23N3O. The molecule has 20 heavy (non-hydrogen) atoms. The van der Waals surface area contributed by atoms with Crippen LogP contribution < -0.4 is 10.1 Å². The molecule has 4 nitrogen and oxygen atoms in total. The van der Waals surface area contributed by atoms with Crippen LogP contribution in [-0.4, -0.2) is 23.4 Å². The first kappa shape index (κ1) is 14.6. The standard InChI is InChI=1S/C16H23N3O/c1-4-17-11-15-12-18-19(13(15)2)10-9-14-5-7-16(20-3)8-6-14/h5-8,12,17H,4,9-11H2,1-3H3. The van der Waals surface area contributed by atoms with Crippen molar-refractivity contribution in [1.82, 2.24) is 15.1 Å². The van der Waals surface area contributed by atoms with Gasteiger partial charge in [-0.25, -0.2) is 0 Å². The summed E-state index contributed by atoms with van der Waals surface area (Å²) in [5.74, 6) is 0.900. The Balaban J connectivity index is 1.94. The van der Waals surface area contributed by atoms with Gasteiger partial charge in [-0.05, 0) is 37.6 Å². The lowest BCUT2D eigenvalue weighted by Gasteiger charge is -2.07. The lowest BCUT2D eigenvalue weighted by Crippen LogP contribution is -2.13. The molecule has 0 saturated carbocycles. The largest absolute Gasteiger partial charge is 0.497 e. The van der Waals surface area contributed by atoms with Crippen molar-refractivity contribution in [2.75, 3.05) is 13.7 Å². The molecule has 0 aliphatic heterocycles. The van der Waals surface area contributed by atoms with Gasteiger partial charge >= 0.3 is 0 Å². The lowest BCUT2D eigenvalue weighted by atomic mass is 10.1. The Hall–Kier alpha value is -1.81. The van der Waals surface area contributed by atoms with Crippen molar-refractivity contribution in [3.8, 4) is 5.75 Å². The summed E-state index contributed by atoms with van der Waals surface area (Å²) in [6.07, 6.45) is 2.94. The molecule has 0 atom stereocenters. The van der Waals surface area contributed by atoms with Gasteiger partial charge in [0.2, 0.25) is 0 Å². The molecule has 0 amide bonds. The second kappa shape index (κ2) is 7.10. The van der Waals surface area contributed by atoms with Crippen LogP contribution in [0.15, 0.2) is 30.5 Å². The van der Waals surface area contributed by atoms with Crippen molar-refractivity contribution in [2.24, 2.45) is 0 Å². The minimum absolute atomic E-state index is 0.894. The molecular weight excluding hydrogens is 250 g/mol. The molecule has 0 aliphatic carbocycles. The normalized spacial score (nSPS) is 10.8. The Morgan fingerprint density at radius 3 is 2.65 bits per heavy atom. The van der Waals surface area contributed by atoms with E-state index in [1.54, 1.807) is 7.11 Å². The van der Waals surface area contributed by atoms with Crippen LogP contribution in [0.2, 0.25) is 0 Å². The summed E-state index contributed by atoms with van der Waals surface area (Å²) in [6, 6.07) is 8.22. The second-order valence-electron chi connectivity index (χ2n) is 4.86. The highest BCUT2D eigenvalue weighted by molar-refractivity contribution is 5.27. The van der Waals surface area contributed by atoms with Gasteiger partial charge < -0.3 is 10.1 Å². The summed E-state index contributed by atoms with van der Waals surface area (Å²) in [7, 11) is 1.69. The number of methoxy groups -OCH3 is 1. The Bertz CT molecular complexity index is 531. The zero-order valence-corrected chi connectivity index (χ0v) is 12.5. The van der Waals surface area contributed by atoms with Crippen LogP contribution in [0.5, 0.6) is 5.75 Å². The third-order valence-corrected chi connectivity index (χ3v) is 3.54. The number of aromatic nitrogens is 2. The maximum atomic E-state index is 5.17. The number of aryl methyl sites for hydroxylation is 2. The van der Waals surface area contributed by atoms with E-state index in [1.165, 1.54) is 16.8 Å². The van der Waals surface area contributed by atoms with Crippen LogP contribution in [0.1, 0.15) is 23.7 Å². The maximum absolute atomic E-state index is 5.17. The van der Waals surface area contributed by atoms with E-state index in [1.807, 2.05) is 18.3 Å². The van der Waals surface area contributed by atoms with Gasteiger partial charge in [0, 0.05) is 24.3 Å². The van der Waals surface area contributed by atoms with Crippen molar-refractivity contribution in [1.29, 1.82) is 0 Å². The summed E-state index contributed by atoms with van der Waals surface area (Å²) in [5, 5.41) is 7.81. The molecule has 0 aliphatic rings. The Labute approximate surface area is 120 Å². The molecule has 0 radical (unpaired) electrons. The summed E-state index contributed by atoms with van der Waals surface area (Å²) >= 11 is 0. The van der Waals surface area contributed by atoms with Crippen LogP contribution >= 0.6 is 0 Å². The van der Waals surface area contributed by atoms with Gasteiger partial charge in [-0.3, -0.25) is 4.68 Å². The number of hydrogen-bond acceptors (Lipinski definition) is 3. The molecule has 0 bridgehead atoms. The monoisotopic (exact) mass is 273 g/mol. The topological polar surface area (TPSA) is 39.1 Å². The second-order valence-corrected chi connectivity index (χ2v) is 4.86. The molecule has 2 aromatic rings. The molecule has 1 N–H and O–H groups in total. The van der Waals surface area contributed by atoms with Crippen molar-refractivity contribution >= 4 is 0 Å². The zero-order valence-electron chi connectivity index (χ0n) is 12.5. The van der Waals surface area contributed by atoms with E-state index in [2.05, 4.69) is 41.1 Å². The molecule has 0 fully saturated rings. The quantitative estimate of drug-likeness (QED) is 0.842. The molecule has 1 aromatic heterocycles. The Morgan fingerprint density at radius 2 is 2.00 bits per heavy atom. The minimum atomic E-state index is 0.894. The number of ether oxygens (including phenoxy) is 1. The third kappa shape index (κ3) is 3.61. The van der Waals surface area contributed by atoms with Crippen LogP contribution in [0.25, 0.3) is 0 Å². The van der Waals surface area contributed by atoms with E-state index >= 15 is 0 Å². The van der Waals surface area contributed by atoms with Gasteiger partial charge in [-0.2, -0.15) is 5.10 Å². The van der Waals surface area contributed by atoms with Gasteiger partial charge in [-0.1, -0.05) is 19.1 Å². The average molecular weight is 273 g/mol. The number of rotatable bonds is 7. The Morgan fingerprint density at radius 1 is 1.25 bits per heavy atom. The summed E-state index contributed by atoms with van der Waals surface area (Å²) in [6.45, 7) is 7.03. The zero-order chi connectivity index (χ0) is 14.4. The van der Waals surface area contributed by atoms with Gasteiger partial charge in [0.15, 0.2) is 0 Å². The molecule has 0 saturated heterocycles. The first-order valence-corrected chi connectivity index (χ1v) is 7.09. The summed E-state index contributed by atoms with van der Waals surface area (Å²) in [4.78, 5) is 0. The molecule has 1 aromatic carbocycles. The smallest absolute Gasteiger partial charge is 0.118 e. The van der Waals surface area contributed by atoms with Gasteiger partial charge in [0.1, 0.15) is 5.75 Å². The highest BCUT2D eigenvalue weighted by Crippen LogP contribution is 2.13. The van der Waals surface area contributed by atoms with Crippen LogP contribution in [0.4, 0.5) is 0 Å². The van der Waals surface area contributed by atoms with Gasteiger partial charge in [0.25, 0.3) is 0 Å². The van der Waals surface area contributed by atoms with Crippen molar-refractivity contribution in [3.63, 3.8) is 0 Å². The SMILES string of the molecule is CCNCc1cnn(CCc2ccc(OC)cc2)c1C. The first-order valence-electron chi connectivity index (χ1n) is 7.09. The molecule has 2 rings (SSSR count). The average Bonchev–Trinajstić information content (AvgIpc) is 2.84. The Kier molecular flexibility index (Phi) is 5.18. The maximum Gasteiger partial charge on any atom is 0.118 e. The molecule has 0 unspecified atom stereocenters. The summed E-state index contributed by atoms with van der Waals surface area (Å²) < 4.78 is 7.25. The first-order chi connectivity index (χ1) is 9.74. The lowest BCUT2D eigenvalue weighted by molar-refractivity contribution is 0.414. The van der Waals surface area contributed by atoms with Crippen molar-refractivity contribution in [3.05, 3.63) is 47.3 Å². The van der Waals surface area contributed by atoms with Crippen LogP contribution in [-0.2, 0) is 19.5 Å². The minimum Gasteiger partial charge on any atom is -0.497 e. The molecule has 0 spiro atoms.